The molecule has 6 heteroatoms. The first kappa shape index (κ1) is 12.0. The molecule has 4 nitrogen and oxygen atoms in total. The second-order valence-corrected chi connectivity index (χ2v) is 4.21. The second kappa shape index (κ2) is 4.77. The maximum Gasteiger partial charge on any atom is 0.224 e. The molecule has 0 aliphatic rings. The third kappa shape index (κ3) is 2.60. The van der Waals surface area contributed by atoms with Gasteiger partial charge in [0.2, 0.25) is 5.28 Å². The summed E-state index contributed by atoms with van der Waals surface area (Å²) in [6, 6.07) is 7.37. The summed E-state index contributed by atoms with van der Waals surface area (Å²) in [5.41, 5.74) is 7.24. The molecule has 0 amide bonds. The van der Waals surface area contributed by atoms with Gasteiger partial charge in [-0.3, -0.25) is 0 Å². The van der Waals surface area contributed by atoms with E-state index in [0.717, 1.165) is 5.69 Å². The van der Waals surface area contributed by atoms with E-state index < -0.39 is 0 Å². The van der Waals surface area contributed by atoms with Crippen molar-refractivity contribution in [3.05, 3.63) is 40.8 Å². The highest BCUT2D eigenvalue weighted by Gasteiger charge is 2.11. The van der Waals surface area contributed by atoms with E-state index in [1.165, 1.54) is 6.20 Å². The molecule has 0 bridgehead atoms. The normalized spacial score (nSPS) is 10.3. The Hall–Kier alpha value is -1.52. The van der Waals surface area contributed by atoms with E-state index in [-0.39, 0.29) is 5.28 Å². The lowest BCUT2D eigenvalue weighted by molar-refractivity contribution is 1.08. The summed E-state index contributed by atoms with van der Waals surface area (Å²) < 4.78 is 0. The fourth-order valence-electron chi connectivity index (χ4n) is 1.39. The van der Waals surface area contributed by atoms with Crippen molar-refractivity contribution >= 4 is 40.4 Å². The number of halogens is 2. The zero-order valence-corrected chi connectivity index (χ0v) is 10.6. The van der Waals surface area contributed by atoms with E-state index in [4.69, 9.17) is 28.9 Å². The van der Waals surface area contributed by atoms with Gasteiger partial charge < -0.3 is 10.6 Å². The molecular formula is C11H10Cl2N4. The van der Waals surface area contributed by atoms with Gasteiger partial charge in [-0.05, 0) is 35.9 Å². The molecule has 0 spiro atoms. The van der Waals surface area contributed by atoms with Crippen molar-refractivity contribution in [1.29, 1.82) is 0 Å². The van der Waals surface area contributed by atoms with Crippen LogP contribution in [0.5, 0.6) is 0 Å². The van der Waals surface area contributed by atoms with Crippen LogP contribution in [-0.4, -0.2) is 17.0 Å². The molecule has 0 unspecified atom stereocenters. The zero-order valence-electron chi connectivity index (χ0n) is 9.06. The predicted octanol–water partition coefficient (Wildman–Crippen LogP) is 3.13. The van der Waals surface area contributed by atoms with Crippen LogP contribution in [0.4, 0.5) is 17.2 Å². The van der Waals surface area contributed by atoms with Gasteiger partial charge in [0.05, 0.1) is 6.20 Å². The zero-order chi connectivity index (χ0) is 12.4. The van der Waals surface area contributed by atoms with Crippen molar-refractivity contribution in [2.45, 2.75) is 0 Å². The average Bonchev–Trinajstić information content (AvgIpc) is 2.32. The van der Waals surface area contributed by atoms with Crippen LogP contribution in [0.3, 0.4) is 0 Å². The van der Waals surface area contributed by atoms with Gasteiger partial charge in [-0.15, -0.1) is 0 Å². The average molecular weight is 269 g/mol. The Balaban J connectivity index is 2.39. The van der Waals surface area contributed by atoms with Crippen molar-refractivity contribution in [3.8, 4) is 0 Å². The molecule has 2 aromatic rings. The van der Waals surface area contributed by atoms with Crippen LogP contribution in [0.25, 0.3) is 0 Å². The van der Waals surface area contributed by atoms with E-state index in [1.54, 1.807) is 0 Å². The minimum Gasteiger partial charge on any atom is -0.399 e. The molecule has 88 valence electrons. The summed E-state index contributed by atoms with van der Waals surface area (Å²) in [4.78, 5) is 9.71. The minimum absolute atomic E-state index is 0.159. The highest BCUT2D eigenvalue weighted by molar-refractivity contribution is 6.33. The molecule has 1 heterocycles. The third-order valence-electron chi connectivity index (χ3n) is 2.29. The van der Waals surface area contributed by atoms with E-state index in [1.807, 2.05) is 36.2 Å². The van der Waals surface area contributed by atoms with Gasteiger partial charge >= 0.3 is 0 Å². The molecule has 1 aromatic heterocycles. The summed E-state index contributed by atoms with van der Waals surface area (Å²) in [5.74, 6) is 0.552. The summed E-state index contributed by atoms with van der Waals surface area (Å²) in [6.07, 6.45) is 1.47. The van der Waals surface area contributed by atoms with E-state index in [9.17, 15) is 0 Å². The molecular weight excluding hydrogens is 259 g/mol. The van der Waals surface area contributed by atoms with Crippen molar-refractivity contribution in [1.82, 2.24) is 9.97 Å². The Kier molecular flexibility index (Phi) is 3.36. The lowest BCUT2D eigenvalue weighted by Crippen LogP contribution is -2.12. The smallest absolute Gasteiger partial charge is 0.224 e. The SMILES string of the molecule is CN(c1ccc(N)cc1)c1nc(Cl)ncc1Cl. The van der Waals surface area contributed by atoms with Crippen molar-refractivity contribution in [2.24, 2.45) is 0 Å². The molecule has 0 radical (unpaired) electrons. The summed E-state index contributed by atoms with van der Waals surface area (Å²) >= 11 is 11.8. The number of nitrogens with zero attached hydrogens (tertiary/aromatic N) is 3. The van der Waals surface area contributed by atoms with Gasteiger partial charge in [0, 0.05) is 18.4 Å². The first-order chi connectivity index (χ1) is 8.08. The Labute approximate surface area is 109 Å². The highest BCUT2D eigenvalue weighted by atomic mass is 35.5. The van der Waals surface area contributed by atoms with Crippen LogP contribution in [0, 0.1) is 0 Å². The number of rotatable bonds is 2. The van der Waals surface area contributed by atoms with E-state index in [2.05, 4.69) is 9.97 Å². The fourth-order valence-corrected chi connectivity index (χ4v) is 1.74. The molecule has 2 N–H and O–H groups in total. The van der Waals surface area contributed by atoms with Crippen LogP contribution in [0.2, 0.25) is 10.3 Å². The Morgan fingerprint density at radius 1 is 1.18 bits per heavy atom. The fraction of sp³-hybridized carbons (Fsp3) is 0.0909. The van der Waals surface area contributed by atoms with Gasteiger partial charge in [0.1, 0.15) is 5.02 Å². The monoisotopic (exact) mass is 268 g/mol. The molecule has 0 atom stereocenters. The predicted molar refractivity (Wildman–Crippen MR) is 71.0 cm³/mol. The van der Waals surface area contributed by atoms with Gasteiger partial charge in [0.25, 0.3) is 0 Å². The van der Waals surface area contributed by atoms with Crippen LogP contribution >= 0.6 is 23.2 Å². The Morgan fingerprint density at radius 3 is 2.47 bits per heavy atom. The first-order valence-corrected chi connectivity index (χ1v) is 5.61. The van der Waals surface area contributed by atoms with Crippen LogP contribution in [-0.2, 0) is 0 Å². The van der Waals surface area contributed by atoms with Gasteiger partial charge in [-0.2, -0.15) is 4.98 Å². The quantitative estimate of drug-likeness (QED) is 0.672. The topological polar surface area (TPSA) is 55.0 Å². The molecule has 17 heavy (non-hydrogen) atoms. The largest absolute Gasteiger partial charge is 0.399 e. The van der Waals surface area contributed by atoms with Crippen molar-refractivity contribution in [2.75, 3.05) is 17.7 Å². The molecule has 2 rings (SSSR count). The maximum absolute atomic E-state index is 6.02. The number of anilines is 3. The number of hydrogen-bond acceptors (Lipinski definition) is 4. The van der Waals surface area contributed by atoms with E-state index >= 15 is 0 Å². The second-order valence-electron chi connectivity index (χ2n) is 3.46. The maximum atomic E-state index is 6.02. The van der Waals surface area contributed by atoms with Crippen LogP contribution in [0.1, 0.15) is 0 Å². The molecule has 0 aliphatic heterocycles. The van der Waals surface area contributed by atoms with Gasteiger partial charge in [-0.1, -0.05) is 11.6 Å². The number of nitrogen functional groups attached to an aromatic ring is 1. The Morgan fingerprint density at radius 2 is 1.82 bits per heavy atom. The summed E-state index contributed by atoms with van der Waals surface area (Å²) in [6.45, 7) is 0. The molecule has 0 aliphatic carbocycles. The summed E-state index contributed by atoms with van der Waals surface area (Å²) in [7, 11) is 1.84. The van der Waals surface area contributed by atoms with Gasteiger partial charge in [-0.25, -0.2) is 4.98 Å². The highest BCUT2D eigenvalue weighted by Crippen LogP contribution is 2.29. The van der Waals surface area contributed by atoms with Crippen molar-refractivity contribution < 1.29 is 0 Å². The van der Waals surface area contributed by atoms with Crippen LogP contribution in [0.15, 0.2) is 30.5 Å². The lowest BCUT2D eigenvalue weighted by atomic mass is 10.2. The van der Waals surface area contributed by atoms with E-state index in [0.29, 0.717) is 16.5 Å². The first-order valence-electron chi connectivity index (χ1n) is 4.85. The third-order valence-corrected chi connectivity index (χ3v) is 2.74. The van der Waals surface area contributed by atoms with Gasteiger partial charge in [0.15, 0.2) is 5.82 Å². The molecule has 0 saturated carbocycles. The minimum atomic E-state index is 0.159. The summed E-state index contributed by atoms with van der Waals surface area (Å²) in [5, 5.41) is 0.598. The lowest BCUT2D eigenvalue weighted by Gasteiger charge is -2.19. The Bertz CT molecular complexity index is 527. The molecule has 0 fully saturated rings. The number of hydrogen-bond donors (Lipinski definition) is 1. The number of nitrogens with two attached hydrogens (primary N) is 1. The molecule has 0 saturated heterocycles. The molecule has 1 aromatic carbocycles. The number of benzene rings is 1. The van der Waals surface area contributed by atoms with Crippen LogP contribution < -0.4 is 10.6 Å². The number of aromatic nitrogens is 2. The standard InChI is InChI=1S/C11H10Cl2N4/c1-17(8-4-2-7(14)3-5-8)10-9(12)6-15-11(13)16-10/h2-6H,14H2,1H3. The van der Waals surface area contributed by atoms with Crippen molar-refractivity contribution in [3.63, 3.8) is 0 Å².